The zero-order valence-electron chi connectivity index (χ0n) is 15.9. The molecule has 0 saturated carbocycles. The van der Waals surface area contributed by atoms with Crippen LogP contribution in [-0.2, 0) is 4.74 Å². The molecule has 2 aromatic carbocycles. The Morgan fingerprint density at radius 3 is 2.80 bits per heavy atom. The van der Waals surface area contributed by atoms with Crippen molar-refractivity contribution in [2.24, 2.45) is 0 Å². The van der Waals surface area contributed by atoms with Gasteiger partial charge < -0.3 is 4.74 Å². The van der Waals surface area contributed by atoms with E-state index in [0.29, 0.717) is 11.9 Å². The molecule has 0 bridgehead atoms. The molecule has 0 saturated heterocycles. The first-order valence-electron chi connectivity index (χ1n) is 9.36. The predicted octanol–water partition coefficient (Wildman–Crippen LogP) is 3.68. The first-order chi connectivity index (χ1) is 14.6. The number of imidazole rings is 1. The van der Waals surface area contributed by atoms with E-state index in [0.717, 1.165) is 21.1 Å². The molecular weight excluding hydrogens is 450 g/mol. The van der Waals surface area contributed by atoms with Gasteiger partial charge in [-0.1, -0.05) is 40.2 Å². The van der Waals surface area contributed by atoms with Crippen molar-refractivity contribution in [1.82, 2.24) is 19.1 Å². The van der Waals surface area contributed by atoms with Crippen LogP contribution in [0.15, 0.2) is 64.0 Å². The highest BCUT2D eigenvalue weighted by molar-refractivity contribution is 9.10. The number of ether oxygens (including phenoxy) is 1. The standard InChI is InChI=1S/C21H16BrN5O3/c1-2-30-19(29)14-11-23-20-25-21-24-15-8-3-4-9-16(15)26(21)17(27(20)18(14)28)12-6-5-7-13(22)10-12/h3-11,17H,2H2,1H3,(H,23,24,25). The maximum Gasteiger partial charge on any atom is 0.345 e. The van der Waals surface area contributed by atoms with Gasteiger partial charge in [0.05, 0.1) is 23.8 Å². The van der Waals surface area contributed by atoms with E-state index >= 15 is 0 Å². The molecule has 1 unspecified atom stereocenters. The number of nitrogens with zero attached hydrogens (tertiary/aromatic N) is 4. The fourth-order valence-electron chi connectivity index (χ4n) is 3.70. The number of nitrogens with one attached hydrogen (secondary N) is 1. The minimum atomic E-state index is -0.695. The third kappa shape index (κ3) is 2.81. The molecule has 1 aliphatic heterocycles. The Kier molecular flexibility index (Phi) is 4.39. The van der Waals surface area contributed by atoms with E-state index in [4.69, 9.17) is 4.74 Å². The molecule has 0 radical (unpaired) electrons. The molecule has 8 nitrogen and oxygen atoms in total. The minimum Gasteiger partial charge on any atom is -0.462 e. The number of aromatic nitrogens is 4. The fraction of sp³-hybridized carbons (Fsp3) is 0.143. The van der Waals surface area contributed by atoms with Gasteiger partial charge in [-0.05, 0) is 36.8 Å². The number of halogens is 1. The molecule has 0 fully saturated rings. The topological polar surface area (TPSA) is 91.0 Å². The Balaban J connectivity index is 1.82. The number of anilines is 2. The van der Waals surface area contributed by atoms with E-state index in [1.54, 1.807) is 6.92 Å². The molecule has 150 valence electrons. The zero-order chi connectivity index (χ0) is 20.8. The van der Waals surface area contributed by atoms with Crippen LogP contribution in [0.5, 0.6) is 0 Å². The van der Waals surface area contributed by atoms with E-state index < -0.39 is 17.7 Å². The highest BCUT2D eigenvalue weighted by atomic mass is 79.9. The van der Waals surface area contributed by atoms with Gasteiger partial charge in [-0.3, -0.25) is 19.2 Å². The van der Waals surface area contributed by atoms with Gasteiger partial charge in [-0.25, -0.2) is 14.8 Å². The van der Waals surface area contributed by atoms with Crippen LogP contribution in [0.1, 0.15) is 29.0 Å². The Morgan fingerprint density at radius 1 is 1.17 bits per heavy atom. The number of fused-ring (bicyclic) bond motifs is 4. The Morgan fingerprint density at radius 2 is 2.00 bits per heavy atom. The fourth-order valence-corrected chi connectivity index (χ4v) is 4.12. The molecular formula is C21H16BrN5O3. The average molecular weight is 466 g/mol. The van der Waals surface area contributed by atoms with Gasteiger partial charge in [0.15, 0.2) is 0 Å². The second kappa shape index (κ2) is 7.10. The van der Waals surface area contributed by atoms with E-state index in [1.165, 1.54) is 10.8 Å². The summed E-state index contributed by atoms with van der Waals surface area (Å²) in [6.07, 6.45) is 0.658. The van der Waals surface area contributed by atoms with Gasteiger partial charge in [0, 0.05) is 4.47 Å². The van der Waals surface area contributed by atoms with E-state index in [-0.39, 0.29) is 12.2 Å². The normalized spacial score (nSPS) is 14.7. The van der Waals surface area contributed by atoms with Crippen LogP contribution in [-0.4, -0.2) is 31.7 Å². The van der Waals surface area contributed by atoms with Crippen LogP contribution in [0.4, 0.5) is 11.9 Å². The van der Waals surface area contributed by atoms with Crippen molar-refractivity contribution in [1.29, 1.82) is 0 Å². The predicted molar refractivity (Wildman–Crippen MR) is 115 cm³/mol. The van der Waals surface area contributed by atoms with Crippen LogP contribution in [0.3, 0.4) is 0 Å². The Bertz CT molecular complexity index is 1360. The van der Waals surface area contributed by atoms with Crippen LogP contribution >= 0.6 is 15.9 Å². The van der Waals surface area contributed by atoms with E-state index in [1.807, 2.05) is 53.1 Å². The number of carbonyl (C=O) groups is 1. The van der Waals surface area contributed by atoms with Gasteiger partial charge in [0.1, 0.15) is 11.7 Å². The molecule has 1 N–H and O–H groups in total. The lowest BCUT2D eigenvalue weighted by Crippen LogP contribution is -2.39. The third-order valence-electron chi connectivity index (χ3n) is 4.94. The van der Waals surface area contributed by atoms with Gasteiger partial charge in [-0.15, -0.1) is 0 Å². The highest BCUT2D eigenvalue weighted by Gasteiger charge is 2.32. The van der Waals surface area contributed by atoms with Gasteiger partial charge in [0.25, 0.3) is 5.56 Å². The second-order valence-corrected chi connectivity index (χ2v) is 7.65. The molecule has 5 rings (SSSR count). The first-order valence-corrected chi connectivity index (χ1v) is 10.2. The number of esters is 1. The minimum absolute atomic E-state index is 0.115. The summed E-state index contributed by atoms with van der Waals surface area (Å²) in [5.41, 5.74) is 1.87. The van der Waals surface area contributed by atoms with Gasteiger partial charge >= 0.3 is 5.97 Å². The maximum atomic E-state index is 13.4. The lowest BCUT2D eigenvalue weighted by atomic mass is 10.1. The Labute approximate surface area is 179 Å². The summed E-state index contributed by atoms with van der Waals surface area (Å²) in [6.45, 7) is 1.86. The molecule has 4 aromatic rings. The average Bonchev–Trinajstić information content (AvgIpc) is 3.10. The smallest absolute Gasteiger partial charge is 0.345 e. The number of para-hydroxylation sites is 2. The SMILES string of the molecule is CCOC(=O)c1cnc2n(c1=O)C(c1cccc(Br)c1)n1c(nc3ccccc31)N2. The molecule has 0 amide bonds. The van der Waals surface area contributed by atoms with Crippen molar-refractivity contribution in [2.45, 2.75) is 13.1 Å². The highest BCUT2D eigenvalue weighted by Crippen LogP contribution is 2.36. The maximum absolute atomic E-state index is 13.4. The summed E-state index contributed by atoms with van der Waals surface area (Å²) >= 11 is 3.51. The van der Waals surface area contributed by atoms with Crippen LogP contribution in [0, 0.1) is 0 Å². The molecule has 30 heavy (non-hydrogen) atoms. The summed E-state index contributed by atoms with van der Waals surface area (Å²) in [5, 5.41) is 3.12. The van der Waals surface area contributed by atoms with Crippen molar-refractivity contribution < 1.29 is 9.53 Å². The molecule has 2 aromatic heterocycles. The molecule has 1 atom stereocenters. The molecule has 1 aliphatic rings. The number of carbonyl (C=O) groups excluding carboxylic acids is 1. The largest absolute Gasteiger partial charge is 0.462 e. The molecule has 0 aliphatic carbocycles. The van der Waals surface area contributed by atoms with Gasteiger partial charge in [-0.2, -0.15) is 0 Å². The Hall–Kier alpha value is -3.46. The van der Waals surface area contributed by atoms with Crippen molar-refractivity contribution in [3.63, 3.8) is 0 Å². The van der Waals surface area contributed by atoms with Crippen LogP contribution in [0.2, 0.25) is 0 Å². The van der Waals surface area contributed by atoms with Crippen LogP contribution < -0.4 is 10.9 Å². The van der Waals surface area contributed by atoms with Crippen molar-refractivity contribution in [3.8, 4) is 0 Å². The first kappa shape index (κ1) is 18.6. The lowest BCUT2D eigenvalue weighted by molar-refractivity contribution is 0.0522. The quantitative estimate of drug-likeness (QED) is 0.408. The number of hydrogen-bond donors (Lipinski definition) is 1. The van der Waals surface area contributed by atoms with Gasteiger partial charge in [0.2, 0.25) is 11.9 Å². The number of benzene rings is 2. The summed E-state index contributed by atoms with van der Waals surface area (Å²) in [4.78, 5) is 34.7. The molecule has 9 heteroatoms. The second-order valence-electron chi connectivity index (χ2n) is 6.74. The molecule has 0 spiro atoms. The summed E-state index contributed by atoms with van der Waals surface area (Å²) in [6, 6.07) is 15.3. The van der Waals surface area contributed by atoms with Crippen molar-refractivity contribution in [2.75, 3.05) is 11.9 Å². The van der Waals surface area contributed by atoms with Crippen LogP contribution in [0.25, 0.3) is 11.0 Å². The van der Waals surface area contributed by atoms with Crippen molar-refractivity contribution >= 4 is 44.8 Å². The van der Waals surface area contributed by atoms with E-state index in [2.05, 4.69) is 31.2 Å². The summed E-state index contributed by atoms with van der Waals surface area (Å²) < 4.78 is 9.31. The third-order valence-corrected chi connectivity index (χ3v) is 5.44. The number of rotatable bonds is 3. The monoisotopic (exact) mass is 465 g/mol. The molecule has 3 heterocycles. The number of hydrogen-bond acceptors (Lipinski definition) is 6. The van der Waals surface area contributed by atoms with Crippen molar-refractivity contribution in [3.05, 3.63) is 80.7 Å². The summed E-state index contributed by atoms with van der Waals surface area (Å²) in [5.74, 6) is 0.178. The zero-order valence-corrected chi connectivity index (χ0v) is 17.5. The lowest BCUT2D eigenvalue weighted by Gasteiger charge is -2.30. The summed E-state index contributed by atoms with van der Waals surface area (Å²) in [7, 11) is 0. The van der Waals surface area contributed by atoms with E-state index in [9.17, 15) is 9.59 Å².